The molecule has 0 aromatic heterocycles. The lowest BCUT2D eigenvalue weighted by Gasteiger charge is -2.07. The number of carbonyl (C=O) groups is 2. The van der Waals surface area contributed by atoms with Crippen LogP contribution in [0.25, 0.3) is 0 Å². The van der Waals surface area contributed by atoms with Crippen LogP contribution in [0.1, 0.15) is 26.2 Å². The molecule has 6 heteroatoms. The van der Waals surface area contributed by atoms with Crippen LogP contribution in [0, 0.1) is 11.6 Å². The van der Waals surface area contributed by atoms with Gasteiger partial charge in [0.2, 0.25) is 11.8 Å². The molecule has 0 saturated heterocycles. The lowest BCUT2D eigenvalue weighted by atomic mass is 10.2. The average molecular weight is 270 g/mol. The number of hydrogen-bond acceptors (Lipinski definition) is 2. The van der Waals surface area contributed by atoms with E-state index in [1.165, 1.54) is 0 Å². The first kappa shape index (κ1) is 15.1. The summed E-state index contributed by atoms with van der Waals surface area (Å²) in [6.45, 7) is 1.72. The van der Waals surface area contributed by atoms with Crippen molar-refractivity contribution in [1.29, 1.82) is 0 Å². The van der Waals surface area contributed by atoms with E-state index in [0.717, 1.165) is 25.0 Å². The highest BCUT2D eigenvalue weighted by Gasteiger charge is 2.09. The standard InChI is InChI=1S/C13H16F2N2O2/c1-2-3-4-12(18)16-8-13(19)17-11-6-5-9(14)7-10(11)15/h5-7H,2-4,8H2,1H3,(H,16,18)(H,17,19). The zero-order chi connectivity index (χ0) is 14.3. The summed E-state index contributed by atoms with van der Waals surface area (Å²) in [5, 5.41) is 4.67. The summed E-state index contributed by atoms with van der Waals surface area (Å²) in [4.78, 5) is 22.7. The minimum absolute atomic E-state index is 0.116. The van der Waals surface area contributed by atoms with E-state index in [9.17, 15) is 18.4 Å². The van der Waals surface area contributed by atoms with Gasteiger partial charge in [0.25, 0.3) is 0 Å². The Morgan fingerprint density at radius 2 is 1.95 bits per heavy atom. The molecule has 0 spiro atoms. The minimum atomic E-state index is -0.856. The van der Waals surface area contributed by atoms with E-state index in [1.807, 2.05) is 6.92 Å². The van der Waals surface area contributed by atoms with Crippen LogP contribution >= 0.6 is 0 Å². The van der Waals surface area contributed by atoms with Gasteiger partial charge in [0.15, 0.2) is 0 Å². The van der Waals surface area contributed by atoms with Crippen molar-refractivity contribution in [2.24, 2.45) is 0 Å². The molecule has 0 fully saturated rings. The molecule has 2 amide bonds. The zero-order valence-corrected chi connectivity index (χ0v) is 10.6. The van der Waals surface area contributed by atoms with Crippen LogP contribution in [0.4, 0.5) is 14.5 Å². The van der Waals surface area contributed by atoms with Gasteiger partial charge in [-0.05, 0) is 18.6 Å². The first-order chi connectivity index (χ1) is 9.02. The molecule has 0 unspecified atom stereocenters. The summed E-state index contributed by atoms with van der Waals surface area (Å²) < 4.78 is 25.9. The number of nitrogens with one attached hydrogen (secondary N) is 2. The molecular weight excluding hydrogens is 254 g/mol. The van der Waals surface area contributed by atoms with Crippen molar-refractivity contribution in [2.45, 2.75) is 26.2 Å². The van der Waals surface area contributed by atoms with Crippen LogP contribution in [-0.4, -0.2) is 18.4 Å². The van der Waals surface area contributed by atoms with Gasteiger partial charge < -0.3 is 10.6 Å². The molecule has 0 aliphatic rings. The van der Waals surface area contributed by atoms with E-state index in [4.69, 9.17) is 0 Å². The summed E-state index contributed by atoms with van der Waals surface area (Å²) in [5.74, 6) is -2.36. The van der Waals surface area contributed by atoms with Gasteiger partial charge in [0.1, 0.15) is 11.6 Å². The van der Waals surface area contributed by atoms with Gasteiger partial charge in [-0.25, -0.2) is 8.78 Å². The number of unbranched alkanes of at least 4 members (excludes halogenated alkanes) is 1. The molecule has 0 radical (unpaired) electrons. The van der Waals surface area contributed by atoms with Gasteiger partial charge in [-0.1, -0.05) is 13.3 Å². The van der Waals surface area contributed by atoms with Gasteiger partial charge in [-0.3, -0.25) is 9.59 Å². The van der Waals surface area contributed by atoms with E-state index in [1.54, 1.807) is 0 Å². The number of amides is 2. The predicted molar refractivity (Wildman–Crippen MR) is 67.5 cm³/mol. The Bertz CT molecular complexity index is 464. The fourth-order valence-corrected chi connectivity index (χ4v) is 1.39. The lowest BCUT2D eigenvalue weighted by molar-refractivity contribution is -0.124. The highest BCUT2D eigenvalue weighted by molar-refractivity contribution is 5.94. The van der Waals surface area contributed by atoms with Crippen LogP contribution < -0.4 is 10.6 Å². The Kier molecular flexibility index (Phi) is 5.92. The largest absolute Gasteiger partial charge is 0.347 e. The Labute approximate surface area is 110 Å². The Morgan fingerprint density at radius 3 is 2.58 bits per heavy atom. The quantitative estimate of drug-likeness (QED) is 0.832. The fraction of sp³-hybridized carbons (Fsp3) is 0.385. The van der Waals surface area contributed by atoms with Gasteiger partial charge in [0.05, 0.1) is 12.2 Å². The minimum Gasteiger partial charge on any atom is -0.347 e. The highest BCUT2D eigenvalue weighted by atomic mass is 19.1. The summed E-state index contributed by atoms with van der Waals surface area (Å²) in [5.41, 5.74) is -0.116. The maximum absolute atomic E-state index is 13.2. The van der Waals surface area contributed by atoms with Crippen LogP contribution in [0.3, 0.4) is 0 Å². The van der Waals surface area contributed by atoms with Gasteiger partial charge in [0, 0.05) is 12.5 Å². The molecule has 2 N–H and O–H groups in total. The normalized spacial score (nSPS) is 10.1. The van der Waals surface area contributed by atoms with Crippen LogP contribution in [-0.2, 0) is 9.59 Å². The number of benzene rings is 1. The molecule has 1 aromatic carbocycles. The maximum Gasteiger partial charge on any atom is 0.243 e. The summed E-state index contributed by atoms with van der Waals surface area (Å²) in [6, 6.07) is 2.84. The molecule has 1 rings (SSSR count). The SMILES string of the molecule is CCCCC(=O)NCC(=O)Nc1ccc(F)cc1F. The summed E-state index contributed by atoms with van der Waals surface area (Å²) >= 11 is 0. The highest BCUT2D eigenvalue weighted by Crippen LogP contribution is 2.14. The first-order valence-electron chi connectivity index (χ1n) is 6.04. The lowest BCUT2D eigenvalue weighted by Crippen LogP contribution is -2.32. The molecular formula is C13H16F2N2O2. The van der Waals surface area contributed by atoms with Gasteiger partial charge in [-0.2, -0.15) is 0 Å². The Morgan fingerprint density at radius 1 is 1.21 bits per heavy atom. The predicted octanol–water partition coefficient (Wildman–Crippen LogP) is 2.21. The third-order valence-electron chi connectivity index (χ3n) is 2.41. The number of carbonyl (C=O) groups excluding carboxylic acids is 2. The molecule has 0 saturated carbocycles. The van der Waals surface area contributed by atoms with E-state index in [0.29, 0.717) is 12.5 Å². The fourth-order valence-electron chi connectivity index (χ4n) is 1.39. The number of hydrogen-bond donors (Lipinski definition) is 2. The van der Waals surface area contributed by atoms with Crippen LogP contribution in [0.15, 0.2) is 18.2 Å². The molecule has 0 aliphatic heterocycles. The number of anilines is 1. The average Bonchev–Trinajstić information content (AvgIpc) is 2.37. The molecule has 0 heterocycles. The van der Waals surface area contributed by atoms with Crippen molar-refractivity contribution in [3.8, 4) is 0 Å². The van der Waals surface area contributed by atoms with Crippen LogP contribution in [0.5, 0.6) is 0 Å². The third-order valence-corrected chi connectivity index (χ3v) is 2.41. The van der Waals surface area contributed by atoms with E-state index >= 15 is 0 Å². The number of halogens is 2. The van der Waals surface area contributed by atoms with Crippen molar-refractivity contribution in [3.05, 3.63) is 29.8 Å². The van der Waals surface area contributed by atoms with Crippen molar-refractivity contribution in [3.63, 3.8) is 0 Å². The topological polar surface area (TPSA) is 58.2 Å². The van der Waals surface area contributed by atoms with Crippen molar-refractivity contribution >= 4 is 17.5 Å². The zero-order valence-electron chi connectivity index (χ0n) is 10.6. The molecule has 1 aromatic rings. The molecule has 19 heavy (non-hydrogen) atoms. The maximum atomic E-state index is 13.2. The Balaban J connectivity index is 2.41. The van der Waals surface area contributed by atoms with Crippen LogP contribution in [0.2, 0.25) is 0 Å². The Hall–Kier alpha value is -1.98. The summed E-state index contributed by atoms with van der Waals surface area (Å²) in [7, 11) is 0. The third kappa shape index (κ3) is 5.46. The van der Waals surface area contributed by atoms with Gasteiger partial charge >= 0.3 is 0 Å². The number of rotatable bonds is 6. The second-order valence-electron chi connectivity index (χ2n) is 4.05. The van der Waals surface area contributed by atoms with E-state index < -0.39 is 17.5 Å². The first-order valence-corrected chi connectivity index (χ1v) is 6.04. The smallest absolute Gasteiger partial charge is 0.243 e. The van der Waals surface area contributed by atoms with Crippen molar-refractivity contribution in [1.82, 2.24) is 5.32 Å². The van der Waals surface area contributed by atoms with E-state index in [2.05, 4.69) is 10.6 Å². The second-order valence-corrected chi connectivity index (χ2v) is 4.05. The van der Waals surface area contributed by atoms with Crippen molar-refractivity contribution in [2.75, 3.05) is 11.9 Å². The van der Waals surface area contributed by atoms with E-state index in [-0.39, 0.29) is 18.1 Å². The summed E-state index contributed by atoms with van der Waals surface area (Å²) in [6.07, 6.45) is 2.00. The molecule has 0 bridgehead atoms. The monoisotopic (exact) mass is 270 g/mol. The molecule has 0 aliphatic carbocycles. The molecule has 4 nitrogen and oxygen atoms in total. The van der Waals surface area contributed by atoms with Crippen molar-refractivity contribution < 1.29 is 18.4 Å². The molecule has 0 atom stereocenters. The van der Waals surface area contributed by atoms with Gasteiger partial charge in [-0.15, -0.1) is 0 Å². The molecule has 104 valence electrons. The second kappa shape index (κ2) is 7.45.